The summed E-state index contributed by atoms with van der Waals surface area (Å²) >= 11 is 0. The molecule has 0 aliphatic heterocycles. The van der Waals surface area contributed by atoms with Gasteiger partial charge in [0.15, 0.2) is 0 Å². The van der Waals surface area contributed by atoms with Gasteiger partial charge in [0.1, 0.15) is 0 Å². The van der Waals surface area contributed by atoms with E-state index in [2.05, 4.69) is 22.2 Å². The van der Waals surface area contributed by atoms with Crippen molar-refractivity contribution in [2.45, 2.75) is 39.7 Å². The molecule has 0 aromatic carbocycles. The Balaban J connectivity index is 2.15. The van der Waals surface area contributed by atoms with Gasteiger partial charge in [-0.05, 0) is 19.9 Å². The standard InChI is InChI=1S/C11H19N3/c1-3-4-5-6-12-8-11-9-13-10(2)7-14-11/h7,9,12H,3-6,8H2,1-2H3. The van der Waals surface area contributed by atoms with E-state index in [1.165, 1.54) is 19.3 Å². The lowest BCUT2D eigenvalue weighted by Gasteiger charge is -2.03. The zero-order chi connectivity index (χ0) is 10.2. The minimum absolute atomic E-state index is 0.830. The van der Waals surface area contributed by atoms with E-state index in [0.717, 1.165) is 24.5 Å². The molecule has 0 saturated heterocycles. The fourth-order valence-electron chi connectivity index (χ4n) is 1.23. The van der Waals surface area contributed by atoms with Crippen molar-refractivity contribution >= 4 is 0 Å². The summed E-state index contributed by atoms with van der Waals surface area (Å²) in [5, 5.41) is 3.35. The molecule has 0 fully saturated rings. The lowest BCUT2D eigenvalue weighted by atomic mass is 10.2. The minimum atomic E-state index is 0.830. The summed E-state index contributed by atoms with van der Waals surface area (Å²) in [4.78, 5) is 8.46. The third-order valence-electron chi connectivity index (χ3n) is 2.10. The van der Waals surface area contributed by atoms with E-state index in [-0.39, 0.29) is 0 Å². The quantitative estimate of drug-likeness (QED) is 0.703. The number of hydrogen-bond donors (Lipinski definition) is 1. The molecule has 0 bridgehead atoms. The molecule has 0 saturated carbocycles. The lowest BCUT2D eigenvalue weighted by Crippen LogP contribution is -2.15. The number of aryl methyl sites for hydroxylation is 1. The van der Waals surface area contributed by atoms with Gasteiger partial charge in [-0.15, -0.1) is 0 Å². The molecule has 14 heavy (non-hydrogen) atoms. The molecule has 0 atom stereocenters. The van der Waals surface area contributed by atoms with Gasteiger partial charge in [0, 0.05) is 18.9 Å². The Hall–Kier alpha value is -0.960. The van der Waals surface area contributed by atoms with Crippen LogP contribution in [-0.4, -0.2) is 16.5 Å². The summed E-state index contributed by atoms with van der Waals surface area (Å²) < 4.78 is 0. The van der Waals surface area contributed by atoms with Crippen LogP contribution in [0, 0.1) is 6.92 Å². The van der Waals surface area contributed by atoms with Crippen LogP contribution in [0.5, 0.6) is 0 Å². The van der Waals surface area contributed by atoms with Crippen molar-refractivity contribution in [1.82, 2.24) is 15.3 Å². The summed E-state index contributed by atoms with van der Waals surface area (Å²) in [5.41, 5.74) is 1.99. The second kappa shape index (κ2) is 6.49. The molecule has 0 unspecified atom stereocenters. The van der Waals surface area contributed by atoms with Crippen LogP contribution in [-0.2, 0) is 6.54 Å². The first-order valence-corrected chi connectivity index (χ1v) is 5.31. The Morgan fingerprint density at radius 3 is 2.71 bits per heavy atom. The van der Waals surface area contributed by atoms with Crippen molar-refractivity contribution in [2.75, 3.05) is 6.54 Å². The van der Waals surface area contributed by atoms with Crippen LogP contribution in [0.4, 0.5) is 0 Å². The average Bonchev–Trinajstić information content (AvgIpc) is 2.21. The minimum Gasteiger partial charge on any atom is -0.311 e. The lowest BCUT2D eigenvalue weighted by molar-refractivity contribution is 0.609. The van der Waals surface area contributed by atoms with Gasteiger partial charge < -0.3 is 5.32 Å². The summed E-state index contributed by atoms with van der Waals surface area (Å²) in [6, 6.07) is 0. The zero-order valence-electron chi connectivity index (χ0n) is 9.08. The van der Waals surface area contributed by atoms with Crippen LogP contribution in [0.3, 0.4) is 0 Å². The van der Waals surface area contributed by atoms with Gasteiger partial charge >= 0.3 is 0 Å². The van der Waals surface area contributed by atoms with Gasteiger partial charge in [-0.2, -0.15) is 0 Å². The maximum atomic E-state index is 4.27. The monoisotopic (exact) mass is 193 g/mol. The highest BCUT2D eigenvalue weighted by atomic mass is 14.9. The predicted molar refractivity (Wildman–Crippen MR) is 58.0 cm³/mol. The normalized spacial score (nSPS) is 10.4. The van der Waals surface area contributed by atoms with Gasteiger partial charge in [-0.3, -0.25) is 9.97 Å². The molecule has 1 aromatic rings. The molecular formula is C11H19N3. The summed E-state index contributed by atoms with van der Waals surface area (Å²) in [5.74, 6) is 0. The van der Waals surface area contributed by atoms with E-state index < -0.39 is 0 Å². The number of unbranched alkanes of at least 4 members (excludes halogenated alkanes) is 2. The van der Waals surface area contributed by atoms with Gasteiger partial charge in [-0.25, -0.2) is 0 Å². The van der Waals surface area contributed by atoms with E-state index in [9.17, 15) is 0 Å². The van der Waals surface area contributed by atoms with Gasteiger partial charge in [-0.1, -0.05) is 19.8 Å². The molecule has 0 aliphatic carbocycles. The number of aromatic nitrogens is 2. The third kappa shape index (κ3) is 4.33. The molecule has 78 valence electrons. The van der Waals surface area contributed by atoms with E-state index in [1.807, 2.05) is 19.3 Å². The highest BCUT2D eigenvalue weighted by Gasteiger charge is 1.93. The van der Waals surface area contributed by atoms with E-state index >= 15 is 0 Å². The van der Waals surface area contributed by atoms with Gasteiger partial charge in [0.2, 0.25) is 0 Å². The smallest absolute Gasteiger partial charge is 0.0724 e. The topological polar surface area (TPSA) is 37.8 Å². The number of hydrogen-bond acceptors (Lipinski definition) is 3. The maximum Gasteiger partial charge on any atom is 0.0724 e. The second-order valence-electron chi connectivity index (χ2n) is 3.53. The van der Waals surface area contributed by atoms with Crippen molar-refractivity contribution in [3.05, 3.63) is 23.8 Å². The summed E-state index contributed by atoms with van der Waals surface area (Å²) in [7, 11) is 0. The van der Waals surface area contributed by atoms with Crippen molar-refractivity contribution in [1.29, 1.82) is 0 Å². The Kier molecular flexibility index (Phi) is 5.15. The number of nitrogens with zero attached hydrogens (tertiary/aromatic N) is 2. The van der Waals surface area contributed by atoms with Crippen molar-refractivity contribution in [2.24, 2.45) is 0 Å². The number of nitrogens with one attached hydrogen (secondary N) is 1. The molecule has 1 rings (SSSR count). The first kappa shape index (κ1) is 11.1. The fourth-order valence-corrected chi connectivity index (χ4v) is 1.23. The van der Waals surface area contributed by atoms with Crippen molar-refractivity contribution < 1.29 is 0 Å². The van der Waals surface area contributed by atoms with Gasteiger partial charge in [0.25, 0.3) is 0 Å². The molecule has 3 nitrogen and oxygen atoms in total. The predicted octanol–water partition coefficient (Wildman–Crippen LogP) is 2.06. The summed E-state index contributed by atoms with van der Waals surface area (Å²) in [6.45, 7) is 6.07. The third-order valence-corrected chi connectivity index (χ3v) is 2.10. The van der Waals surface area contributed by atoms with E-state index in [1.54, 1.807) is 0 Å². The van der Waals surface area contributed by atoms with Crippen LogP contribution in [0.2, 0.25) is 0 Å². The first-order chi connectivity index (χ1) is 6.83. The molecule has 1 heterocycles. The Bertz CT molecular complexity index is 243. The van der Waals surface area contributed by atoms with Crippen molar-refractivity contribution in [3.63, 3.8) is 0 Å². The molecule has 1 N–H and O–H groups in total. The van der Waals surface area contributed by atoms with Crippen LogP contribution in [0.1, 0.15) is 37.6 Å². The van der Waals surface area contributed by atoms with Crippen LogP contribution in [0.25, 0.3) is 0 Å². The molecule has 0 spiro atoms. The molecule has 0 amide bonds. The molecule has 3 heteroatoms. The second-order valence-corrected chi connectivity index (χ2v) is 3.53. The highest BCUT2D eigenvalue weighted by Crippen LogP contribution is 1.95. The molecule has 0 aliphatic rings. The summed E-state index contributed by atoms with van der Waals surface area (Å²) in [6.07, 6.45) is 7.46. The van der Waals surface area contributed by atoms with E-state index in [0.29, 0.717) is 0 Å². The number of rotatable bonds is 6. The van der Waals surface area contributed by atoms with Crippen LogP contribution in [0.15, 0.2) is 12.4 Å². The Morgan fingerprint density at radius 1 is 1.21 bits per heavy atom. The first-order valence-electron chi connectivity index (χ1n) is 5.31. The van der Waals surface area contributed by atoms with E-state index in [4.69, 9.17) is 0 Å². The Labute approximate surface area is 86.0 Å². The van der Waals surface area contributed by atoms with Crippen molar-refractivity contribution in [3.8, 4) is 0 Å². The molecule has 1 aromatic heterocycles. The van der Waals surface area contributed by atoms with Gasteiger partial charge in [0.05, 0.1) is 11.4 Å². The fraction of sp³-hybridized carbons (Fsp3) is 0.636. The zero-order valence-corrected chi connectivity index (χ0v) is 9.08. The maximum absolute atomic E-state index is 4.27. The largest absolute Gasteiger partial charge is 0.311 e. The SMILES string of the molecule is CCCCCNCc1cnc(C)cn1. The van der Waals surface area contributed by atoms with Crippen LogP contribution < -0.4 is 5.32 Å². The highest BCUT2D eigenvalue weighted by molar-refractivity contribution is 4.99. The van der Waals surface area contributed by atoms with Crippen LogP contribution >= 0.6 is 0 Å². The molecule has 0 radical (unpaired) electrons. The average molecular weight is 193 g/mol. The Morgan fingerprint density at radius 2 is 2.07 bits per heavy atom. The molecular weight excluding hydrogens is 174 g/mol.